The fourth-order valence-electron chi connectivity index (χ4n) is 1.71. The number of nitrogens with two attached hydrogens (primary N) is 1. The summed E-state index contributed by atoms with van der Waals surface area (Å²) in [4.78, 5) is 4.15. The van der Waals surface area contributed by atoms with Gasteiger partial charge in [0, 0.05) is 11.8 Å². The van der Waals surface area contributed by atoms with Gasteiger partial charge in [-0.2, -0.15) is 5.26 Å². The number of hydrogen-bond acceptors (Lipinski definition) is 4. The molecular weight excluding hydrogens is 245 g/mol. The molecule has 96 valence electrons. The van der Waals surface area contributed by atoms with Crippen LogP contribution in [0, 0.1) is 31.0 Å². The number of ether oxygens (including phenoxy) is 1. The van der Waals surface area contributed by atoms with Gasteiger partial charge in [0.15, 0.2) is 5.75 Å². The SMILES string of the molecule is Cc1cc(C)c(C#N)c(Oc2cc(F)ccc2N)n1. The monoisotopic (exact) mass is 257 g/mol. The van der Waals surface area contributed by atoms with E-state index in [1.807, 2.05) is 6.07 Å². The van der Waals surface area contributed by atoms with Crippen LogP contribution < -0.4 is 10.5 Å². The second-order valence-electron chi connectivity index (χ2n) is 4.16. The molecule has 0 aliphatic rings. The predicted octanol–water partition coefficient (Wildman–Crippen LogP) is 3.08. The summed E-state index contributed by atoms with van der Waals surface area (Å²) in [6.07, 6.45) is 0. The summed E-state index contributed by atoms with van der Waals surface area (Å²) in [5, 5.41) is 9.12. The van der Waals surface area contributed by atoms with E-state index in [-0.39, 0.29) is 17.3 Å². The quantitative estimate of drug-likeness (QED) is 0.839. The lowest BCUT2D eigenvalue weighted by Gasteiger charge is -2.11. The summed E-state index contributed by atoms with van der Waals surface area (Å²) < 4.78 is 18.6. The first kappa shape index (κ1) is 12.8. The van der Waals surface area contributed by atoms with Gasteiger partial charge in [-0.3, -0.25) is 0 Å². The van der Waals surface area contributed by atoms with Crippen LogP contribution in [0.5, 0.6) is 11.6 Å². The molecule has 0 radical (unpaired) electrons. The van der Waals surface area contributed by atoms with Gasteiger partial charge < -0.3 is 10.5 Å². The van der Waals surface area contributed by atoms with Gasteiger partial charge in [-0.25, -0.2) is 9.37 Å². The van der Waals surface area contributed by atoms with Crippen molar-refractivity contribution >= 4 is 5.69 Å². The minimum Gasteiger partial charge on any atom is -0.435 e. The molecule has 0 atom stereocenters. The lowest BCUT2D eigenvalue weighted by atomic mass is 10.1. The van der Waals surface area contributed by atoms with Gasteiger partial charge in [0.2, 0.25) is 5.88 Å². The number of nitrogens with zero attached hydrogens (tertiary/aromatic N) is 2. The molecule has 2 rings (SSSR count). The zero-order valence-electron chi connectivity index (χ0n) is 10.6. The number of benzene rings is 1. The first-order valence-corrected chi connectivity index (χ1v) is 5.62. The van der Waals surface area contributed by atoms with Crippen LogP contribution in [-0.4, -0.2) is 4.98 Å². The Labute approximate surface area is 110 Å². The van der Waals surface area contributed by atoms with Crippen molar-refractivity contribution in [3.05, 3.63) is 46.9 Å². The highest BCUT2D eigenvalue weighted by atomic mass is 19.1. The average Bonchev–Trinajstić information content (AvgIpc) is 2.33. The maximum absolute atomic E-state index is 13.2. The van der Waals surface area contributed by atoms with Gasteiger partial charge in [0.05, 0.1) is 5.69 Å². The van der Waals surface area contributed by atoms with Crippen LogP contribution in [0.2, 0.25) is 0 Å². The van der Waals surface area contributed by atoms with Crippen molar-refractivity contribution in [2.75, 3.05) is 5.73 Å². The summed E-state index contributed by atoms with van der Waals surface area (Å²) >= 11 is 0. The molecule has 0 saturated heterocycles. The summed E-state index contributed by atoms with van der Waals surface area (Å²) in [7, 11) is 0. The summed E-state index contributed by atoms with van der Waals surface area (Å²) in [6, 6.07) is 7.60. The molecule has 1 aromatic carbocycles. The molecule has 1 heterocycles. The fraction of sp³-hybridized carbons (Fsp3) is 0.143. The summed E-state index contributed by atoms with van der Waals surface area (Å²) in [5.74, 6) is -0.182. The summed E-state index contributed by atoms with van der Waals surface area (Å²) in [5.41, 5.74) is 7.76. The number of pyridine rings is 1. The Morgan fingerprint density at radius 1 is 1.32 bits per heavy atom. The Morgan fingerprint density at radius 2 is 2.05 bits per heavy atom. The number of halogens is 1. The Hall–Kier alpha value is -2.61. The molecule has 0 aliphatic heterocycles. The van der Waals surface area contributed by atoms with Gasteiger partial charge in [-0.15, -0.1) is 0 Å². The zero-order valence-corrected chi connectivity index (χ0v) is 10.6. The molecule has 0 saturated carbocycles. The van der Waals surface area contributed by atoms with Gasteiger partial charge in [0.25, 0.3) is 0 Å². The van der Waals surface area contributed by atoms with Gasteiger partial charge >= 0.3 is 0 Å². The highest BCUT2D eigenvalue weighted by molar-refractivity contribution is 5.55. The van der Waals surface area contributed by atoms with E-state index in [0.717, 1.165) is 11.6 Å². The molecule has 4 nitrogen and oxygen atoms in total. The molecule has 0 unspecified atom stereocenters. The number of rotatable bonds is 2. The maximum atomic E-state index is 13.2. The van der Waals surface area contributed by atoms with E-state index in [0.29, 0.717) is 11.3 Å². The van der Waals surface area contributed by atoms with Crippen molar-refractivity contribution in [2.24, 2.45) is 0 Å². The lowest BCUT2D eigenvalue weighted by molar-refractivity contribution is 0.457. The third-order valence-corrected chi connectivity index (χ3v) is 2.61. The van der Waals surface area contributed by atoms with Crippen molar-refractivity contribution in [2.45, 2.75) is 13.8 Å². The van der Waals surface area contributed by atoms with E-state index < -0.39 is 5.82 Å². The molecular formula is C14H12FN3O. The molecule has 1 aromatic heterocycles. The minimum atomic E-state index is -0.466. The van der Waals surface area contributed by atoms with E-state index in [1.165, 1.54) is 12.1 Å². The van der Waals surface area contributed by atoms with Gasteiger partial charge in [0.1, 0.15) is 17.4 Å². The number of aryl methyl sites for hydroxylation is 2. The van der Waals surface area contributed by atoms with E-state index in [1.54, 1.807) is 19.9 Å². The number of anilines is 1. The normalized spacial score (nSPS) is 10.0. The zero-order chi connectivity index (χ0) is 14.0. The van der Waals surface area contributed by atoms with Crippen LogP contribution in [0.4, 0.5) is 10.1 Å². The predicted molar refractivity (Wildman–Crippen MR) is 69.3 cm³/mol. The first-order valence-electron chi connectivity index (χ1n) is 5.62. The smallest absolute Gasteiger partial charge is 0.237 e. The van der Waals surface area contributed by atoms with Crippen LogP contribution in [0.3, 0.4) is 0 Å². The second-order valence-corrected chi connectivity index (χ2v) is 4.16. The number of hydrogen-bond donors (Lipinski definition) is 1. The molecule has 0 fully saturated rings. The molecule has 19 heavy (non-hydrogen) atoms. The molecule has 2 aromatic rings. The van der Waals surface area contributed by atoms with Gasteiger partial charge in [-0.1, -0.05) is 0 Å². The highest BCUT2D eigenvalue weighted by Crippen LogP contribution is 2.30. The maximum Gasteiger partial charge on any atom is 0.237 e. The van der Waals surface area contributed by atoms with E-state index in [2.05, 4.69) is 4.98 Å². The van der Waals surface area contributed by atoms with Crippen molar-refractivity contribution < 1.29 is 9.13 Å². The second kappa shape index (κ2) is 4.94. The lowest BCUT2D eigenvalue weighted by Crippen LogP contribution is -1.99. The van der Waals surface area contributed by atoms with Crippen LogP contribution in [0.15, 0.2) is 24.3 Å². The fourth-order valence-corrected chi connectivity index (χ4v) is 1.71. The van der Waals surface area contributed by atoms with Crippen LogP contribution >= 0.6 is 0 Å². The number of nitriles is 1. The Balaban J connectivity index is 2.49. The molecule has 0 amide bonds. The average molecular weight is 257 g/mol. The topological polar surface area (TPSA) is 71.9 Å². The van der Waals surface area contributed by atoms with Crippen molar-refractivity contribution in [1.29, 1.82) is 5.26 Å². The number of aromatic nitrogens is 1. The van der Waals surface area contributed by atoms with E-state index in [4.69, 9.17) is 15.7 Å². The molecule has 5 heteroatoms. The van der Waals surface area contributed by atoms with Crippen molar-refractivity contribution in [3.8, 4) is 17.7 Å². The van der Waals surface area contributed by atoms with Crippen molar-refractivity contribution in [1.82, 2.24) is 4.98 Å². The minimum absolute atomic E-state index is 0.136. The highest BCUT2D eigenvalue weighted by Gasteiger charge is 2.12. The van der Waals surface area contributed by atoms with E-state index in [9.17, 15) is 4.39 Å². The molecule has 0 spiro atoms. The van der Waals surface area contributed by atoms with Crippen LogP contribution in [0.1, 0.15) is 16.8 Å². The van der Waals surface area contributed by atoms with E-state index >= 15 is 0 Å². The van der Waals surface area contributed by atoms with Crippen LogP contribution in [0.25, 0.3) is 0 Å². The molecule has 2 N–H and O–H groups in total. The first-order chi connectivity index (χ1) is 9.01. The molecule has 0 aliphatic carbocycles. The Kier molecular flexibility index (Phi) is 3.34. The Bertz CT molecular complexity index is 677. The summed E-state index contributed by atoms with van der Waals surface area (Å²) in [6.45, 7) is 3.57. The van der Waals surface area contributed by atoms with Crippen LogP contribution in [-0.2, 0) is 0 Å². The third-order valence-electron chi connectivity index (χ3n) is 2.61. The third kappa shape index (κ3) is 2.63. The standard InChI is InChI=1S/C14H12FN3O/c1-8-5-9(2)18-14(11(8)7-16)19-13-6-10(15)3-4-12(13)17/h3-6H,17H2,1-2H3. The van der Waals surface area contributed by atoms with Crippen molar-refractivity contribution in [3.63, 3.8) is 0 Å². The van der Waals surface area contributed by atoms with Gasteiger partial charge in [-0.05, 0) is 37.6 Å². The molecule has 0 bridgehead atoms. The Morgan fingerprint density at radius 3 is 2.74 bits per heavy atom. The largest absolute Gasteiger partial charge is 0.435 e. The number of nitrogen functional groups attached to an aromatic ring is 1.